The zero-order valence-electron chi connectivity index (χ0n) is 12.7. The summed E-state index contributed by atoms with van der Waals surface area (Å²) in [6.45, 7) is 0.726. The molecule has 0 spiro atoms. The van der Waals surface area contributed by atoms with Gasteiger partial charge in [-0.1, -0.05) is 30.3 Å². The third kappa shape index (κ3) is 3.44. The van der Waals surface area contributed by atoms with Crippen LogP contribution in [0, 0.1) is 5.92 Å². The normalized spacial score (nSPS) is 20.6. The van der Waals surface area contributed by atoms with Crippen molar-refractivity contribution < 1.29 is 19.1 Å². The molecule has 5 heteroatoms. The highest BCUT2D eigenvalue weighted by molar-refractivity contribution is 5.79. The molecule has 0 radical (unpaired) electrons. The molecule has 1 amide bonds. The van der Waals surface area contributed by atoms with E-state index in [1.54, 1.807) is 17.2 Å². The zero-order chi connectivity index (χ0) is 16.2. The first-order valence-corrected chi connectivity index (χ1v) is 7.73. The molecule has 3 rings (SSSR count). The van der Waals surface area contributed by atoms with Gasteiger partial charge in [0.25, 0.3) is 0 Å². The van der Waals surface area contributed by atoms with Crippen molar-refractivity contribution >= 4 is 11.9 Å². The monoisotopic (exact) mass is 313 g/mol. The van der Waals surface area contributed by atoms with Crippen molar-refractivity contribution in [1.29, 1.82) is 0 Å². The van der Waals surface area contributed by atoms with Crippen molar-refractivity contribution in [2.45, 2.75) is 18.8 Å². The van der Waals surface area contributed by atoms with Gasteiger partial charge < -0.3 is 14.4 Å². The fourth-order valence-electron chi connectivity index (χ4n) is 3.14. The maximum Gasteiger partial charge on any atom is 0.308 e. The second kappa shape index (κ2) is 6.69. The van der Waals surface area contributed by atoms with Crippen LogP contribution in [0.2, 0.25) is 0 Å². The molecular weight excluding hydrogens is 294 g/mol. The van der Waals surface area contributed by atoms with Crippen molar-refractivity contribution in [2.75, 3.05) is 13.1 Å². The van der Waals surface area contributed by atoms with Crippen molar-refractivity contribution in [2.24, 2.45) is 5.92 Å². The van der Waals surface area contributed by atoms with Crippen molar-refractivity contribution in [1.82, 2.24) is 4.90 Å². The quantitative estimate of drug-likeness (QED) is 0.921. The maximum absolute atomic E-state index is 12.4. The van der Waals surface area contributed by atoms with E-state index >= 15 is 0 Å². The summed E-state index contributed by atoms with van der Waals surface area (Å²) in [4.78, 5) is 25.6. The molecule has 0 aliphatic carbocycles. The van der Waals surface area contributed by atoms with Crippen LogP contribution in [0.25, 0.3) is 0 Å². The number of carbonyl (C=O) groups excluding carboxylic acids is 1. The Bertz CT molecular complexity index is 666. The molecule has 5 nitrogen and oxygen atoms in total. The Hall–Kier alpha value is -2.56. The fourth-order valence-corrected chi connectivity index (χ4v) is 3.14. The molecule has 1 saturated heterocycles. The summed E-state index contributed by atoms with van der Waals surface area (Å²) in [6, 6.07) is 13.2. The largest absolute Gasteiger partial charge is 0.481 e. The average molecular weight is 313 g/mol. The molecule has 0 bridgehead atoms. The molecule has 2 atom stereocenters. The van der Waals surface area contributed by atoms with Gasteiger partial charge in [-0.05, 0) is 17.7 Å². The first kappa shape index (κ1) is 15.3. The van der Waals surface area contributed by atoms with Crippen molar-refractivity contribution in [3.05, 3.63) is 60.1 Å². The van der Waals surface area contributed by atoms with Crippen molar-refractivity contribution in [3.8, 4) is 0 Å². The molecule has 23 heavy (non-hydrogen) atoms. The number of amides is 1. The Labute approximate surface area is 134 Å². The summed E-state index contributed by atoms with van der Waals surface area (Å²) in [7, 11) is 0. The van der Waals surface area contributed by atoms with E-state index in [2.05, 4.69) is 0 Å². The lowest BCUT2D eigenvalue weighted by Crippen LogP contribution is -2.30. The van der Waals surface area contributed by atoms with E-state index in [-0.39, 0.29) is 18.4 Å². The summed E-state index contributed by atoms with van der Waals surface area (Å²) in [5.74, 6) is -0.801. The Morgan fingerprint density at radius 3 is 2.57 bits per heavy atom. The first-order valence-electron chi connectivity index (χ1n) is 7.73. The van der Waals surface area contributed by atoms with E-state index < -0.39 is 11.9 Å². The second-order valence-corrected chi connectivity index (χ2v) is 5.84. The van der Waals surface area contributed by atoms with E-state index in [1.807, 2.05) is 36.4 Å². The number of aliphatic carboxylic acids is 1. The van der Waals surface area contributed by atoms with Gasteiger partial charge in [0.1, 0.15) is 5.76 Å². The van der Waals surface area contributed by atoms with Crippen molar-refractivity contribution in [3.63, 3.8) is 0 Å². The minimum absolute atomic E-state index is 0.0221. The summed E-state index contributed by atoms with van der Waals surface area (Å²) in [6.07, 6.45) is 2.46. The fraction of sp³-hybridized carbons (Fsp3) is 0.333. The van der Waals surface area contributed by atoms with E-state index in [0.29, 0.717) is 19.4 Å². The van der Waals surface area contributed by atoms with Gasteiger partial charge in [0.05, 0.1) is 12.2 Å². The third-order valence-electron chi connectivity index (χ3n) is 4.38. The predicted octanol–water partition coefficient (Wildman–Crippen LogP) is 2.54. The highest BCUT2D eigenvalue weighted by atomic mass is 16.4. The number of likely N-dealkylation sites (tertiary alicyclic amines) is 1. The van der Waals surface area contributed by atoms with Crippen LogP contribution in [0.4, 0.5) is 0 Å². The minimum Gasteiger partial charge on any atom is -0.481 e. The van der Waals surface area contributed by atoms with E-state index in [0.717, 1.165) is 11.3 Å². The number of carbonyl (C=O) groups is 2. The summed E-state index contributed by atoms with van der Waals surface area (Å²) in [5.41, 5.74) is 0.973. The van der Waals surface area contributed by atoms with Crippen LogP contribution < -0.4 is 0 Å². The topological polar surface area (TPSA) is 70.8 Å². The van der Waals surface area contributed by atoms with E-state index in [4.69, 9.17) is 4.42 Å². The van der Waals surface area contributed by atoms with Crippen LogP contribution in [-0.4, -0.2) is 35.0 Å². The SMILES string of the molecule is O=C(O)C1CN(C(=O)CCc2ccco2)CC1c1ccccc1. The molecule has 0 saturated carbocycles. The standard InChI is InChI=1S/C18H19NO4/c20-17(9-8-14-7-4-10-23-14)19-11-15(16(12-19)18(21)22)13-5-2-1-3-6-13/h1-7,10,15-16H,8-9,11-12H2,(H,21,22). The second-order valence-electron chi connectivity index (χ2n) is 5.84. The number of carboxylic acids is 1. The molecular formula is C18H19NO4. The molecule has 2 unspecified atom stereocenters. The van der Waals surface area contributed by atoms with Gasteiger partial charge in [0.15, 0.2) is 0 Å². The van der Waals surface area contributed by atoms with E-state index in [9.17, 15) is 14.7 Å². The van der Waals surface area contributed by atoms with Gasteiger partial charge >= 0.3 is 5.97 Å². The number of benzene rings is 1. The zero-order valence-corrected chi connectivity index (χ0v) is 12.7. The molecule has 1 fully saturated rings. The summed E-state index contributed by atoms with van der Waals surface area (Å²) in [5, 5.41) is 9.47. The Balaban J connectivity index is 1.67. The smallest absolute Gasteiger partial charge is 0.308 e. The molecule has 1 aliphatic heterocycles. The lowest BCUT2D eigenvalue weighted by molar-refractivity contribution is -0.141. The number of furan rings is 1. The molecule has 2 heterocycles. The van der Waals surface area contributed by atoms with Gasteiger partial charge in [0.2, 0.25) is 5.91 Å². The minimum atomic E-state index is -0.847. The van der Waals surface area contributed by atoms with Crippen LogP contribution in [0.5, 0.6) is 0 Å². The van der Waals surface area contributed by atoms with Gasteiger partial charge in [-0.3, -0.25) is 9.59 Å². The highest BCUT2D eigenvalue weighted by Gasteiger charge is 2.40. The highest BCUT2D eigenvalue weighted by Crippen LogP contribution is 2.33. The van der Waals surface area contributed by atoms with Crippen LogP contribution in [0.3, 0.4) is 0 Å². The number of aryl methyl sites for hydroxylation is 1. The van der Waals surface area contributed by atoms with Crippen LogP contribution >= 0.6 is 0 Å². The molecule has 1 aromatic heterocycles. The number of carboxylic acid groups (broad SMARTS) is 1. The van der Waals surface area contributed by atoms with E-state index in [1.165, 1.54) is 0 Å². The number of hydrogen-bond donors (Lipinski definition) is 1. The average Bonchev–Trinajstić information content (AvgIpc) is 3.23. The first-order chi connectivity index (χ1) is 11.1. The van der Waals surface area contributed by atoms with Gasteiger partial charge in [-0.15, -0.1) is 0 Å². The maximum atomic E-state index is 12.4. The molecule has 1 aromatic carbocycles. The molecule has 120 valence electrons. The van der Waals surface area contributed by atoms with Crippen LogP contribution in [-0.2, 0) is 16.0 Å². The van der Waals surface area contributed by atoms with Gasteiger partial charge in [0, 0.05) is 31.8 Å². The molecule has 1 aliphatic rings. The third-order valence-corrected chi connectivity index (χ3v) is 4.38. The summed E-state index contributed by atoms with van der Waals surface area (Å²) < 4.78 is 5.23. The molecule has 1 N–H and O–H groups in total. The Morgan fingerprint density at radius 1 is 1.13 bits per heavy atom. The number of rotatable bonds is 5. The van der Waals surface area contributed by atoms with Crippen LogP contribution in [0.1, 0.15) is 23.7 Å². The lowest BCUT2D eigenvalue weighted by atomic mass is 9.89. The number of hydrogen-bond acceptors (Lipinski definition) is 3. The van der Waals surface area contributed by atoms with Crippen LogP contribution in [0.15, 0.2) is 53.1 Å². The lowest BCUT2D eigenvalue weighted by Gasteiger charge is -2.16. The predicted molar refractivity (Wildman–Crippen MR) is 83.9 cm³/mol. The van der Waals surface area contributed by atoms with Gasteiger partial charge in [-0.2, -0.15) is 0 Å². The Kier molecular flexibility index (Phi) is 4.46. The number of nitrogens with zero attached hydrogens (tertiary/aromatic N) is 1. The molecule has 2 aromatic rings. The Morgan fingerprint density at radius 2 is 1.91 bits per heavy atom. The summed E-state index contributed by atoms with van der Waals surface area (Å²) >= 11 is 0. The van der Waals surface area contributed by atoms with Gasteiger partial charge in [-0.25, -0.2) is 0 Å².